The first-order valence-electron chi connectivity index (χ1n) is 14.5. The Morgan fingerprint density at radius 2 is 1.60 bits per heavy atom. The molecule has 3 aromatic carbocycles. The van der Waals surface area contributed by atoms with Gasteiger partial charge in [-0.3, -0.25) is 0 Å². The smallest absolute Gasteiger partial charge is 0.407 e. The Morgan fingerprint density at radius 1 is 1.00 bits per heavy atom. The number of carbonyl (C=O) groups is 2. The number of hydrogen-bond donors (Lipinski definition) is 3. The van der Waals surface area contributed by atoms with Crippen molar-refractivity contribution in [2.45, 2.75) is 76.3 Å². The molecule has 0 radical (unpaired) electrons. The third kappa shape index (κ3) is 5.99. The van der Waals surface area contributed by atoms with E-state index in [2.05, 4.69) is 10.0 Å². The molecule has 0 bridgehead atoms. The highest BCUT2D eigenvalue weighted by Crippen LogP contribution is 2.45. The molecule has 10 heteroatoms. The Kier molecular flexibility index (Phi) is 8.28. The van der Waals surface area contributed by atoms with Crippen molar-refractivity contribution >= 4 is 22.1 Å². The molecule has 0 saturated heterocycles. The molecule has 43 heavy (non-hydrogen) atoms. The molecule has 3 aromatic rings. The van der Waals surface area contributed by atoms with Crippen molar-refractivity contribution in [2.24, 2.45) is 0 Å². The van der Waals surface area contributed by atoms with E-state index in [-0.39, 0.29) is 36.8 Å². The average Bonchev–Trinajstić information content (AvgIpc) is 3.46. The van der Waals surface area contributed by atoms with Gasteiger partial charge in [-0.05, 0) is 86.4 Å². The first-order valence-corrected chi connectivity index (χ1v) is 15.9. The summed E-state index contributed by atoms with van der Waals surface area (Å²) < 4.78 is 41.0. The number of sulfonamides is 1. The molecule has 0 saturated carbocycles. The minimum atomic E-state index is -3.88. The molecular weight excluding hydrogens is 568 g/mol. The Bertz CT molecular complexity index is 1650. The van der Waals surface area contributed by atoms with Gasteiger partial charge in [0.1, 0.15) is 24.0 Å². The van der Waals surface area contributed by atoms with Crippen LogP contribution in [0, 0.1) is 20.8 Å². The van der Waals surface area contributed by atoms with Crippen LogP contribution >= 0.6 is 0 Å². The van der Waals surface area contributed by atoms with E-state index in [0.29, 0.717) is 17.5 Å². The van der Waals surface area contributed by atoms with Crippen molar-refractivity contribution < 1.29 is 32.6 Å². The highest BCUT2D eigenvalue weighted by Gasteiger charge is 2.36. The van der Waals surface area contributed by atoms with Gasteiger partial charge in [0.05, 0.1) is 4.90 Å². The maximum Gasteiger partial charge on any atom is 0.407 e. The Labute approximate surface area is 252 Å². The number of amides is 1. The minimum absolute atomic E-state index is 0.00941. The summed E-state index contributed by atoms with van der Waals surface area (Å²) in [6, 6.07) is 14.7. The molecular formula is C33H38N2O7S. The number of carboxylic acid groups (broad SMARTS) is 1. The summed E-state index contributed by atoms with van der Waals surface area (Å²) in [4.78, 5) is 24.8. The van der Waals surface area contributed by atoms with Crippen LogP contribution in [0.1, 0.15) is 66.0 Å². The van der Waals surface area contributed by atoms with Crippen molar-refractivity contribution in [3.8, 4) is 16.9 Å². The lowest BCUT2D eigenvalue weighted by Gasteiger charge is -2.19. The van der Waals surface area contributed by atoms with Gasteiger partial charge in [0, 0.05) is 24.4 Å². The Morgan fingerprint density at radius 3 is 2.21 bits per heavy atom. The van der Waals surface area contributed by atoms with Crippen LogP contribution < -0.4 is 14.8 Å². The van der Waals surface area contributed by atoms with E-state index >= 15 is 0 Å². The molecule has 0 unspecified atom stereocenters. The normalized spacial score (nSPS) is 15.7. The minimum Gasteiger partial charge on any atom is -0.487 e. The second kappa shape index (κ2) is 11.7. The molecule has 1 amide bonds. The summed E-state index contributed by atoms with van der Waals surface area (Å²) in [5, 5.41) is 12.1. The summed E-state index contributed by atoms with van der Waals surface area (Å²) in [5.41, 5.74) is 6.87. The van der Waals surface area contributed by atoms with Crippen LogP contribution in [-0.2, 0) is 26.0 Å². The van der Waals surface area contributed by atoms with Crippen LogP contribution in [0.3, 0.4) is 0 Å². The summed E-state index contributed by atoms with van der Waals surface area (Å²) in [5.74, 6) is -0.620. The van der Waals surface area contributed by atoms with E-state index in [1.807, 2.05) is 69.3 Å². The molecule has 1 aliphatic carbocycles. The van der Waals surface area contributed by atoms with Crippen LogP contribution in [0.5, 0.6) is 5.75 Å². The van der Waals surface area contributed by atoms with E-state index in [1.165, 1.54) is 0 Å². The van der Waals surface area contributed by atoms with Gasteiger partial charge >= 0.3 is 12.1 Å². The zero-order valence-corrected chi connectivity index (χ0v) is 25.9. The molecule has 2 aliphatic rings. The SMILES string of the molecule is Cc1c(C)c(S(=O)(=O)NCCC[C@H](NC(=O)OCC2c3ccccc3-c3ccccc32)C(=O)O)c(C)c2c1OC(C)(C)C2. The predicted octanol–water partition coefficient (Wildman–Crippen LogP) is 5.38. The van der Waals surface area contributed by atoms with Crippen LogP contribution in [0.15, 0.2) is 53.4 Å². The first-order chi connectivity index (χ1) is 20.3. The second-order valence-electron chi connectivity index (χ2n) is 12.0. The molecule has 228 valence electrons. The number of carboxylic acids is 1. The molecule has 9 nitrogen and oxygen atoms in total. The highest BCUT2D eigenvalue weighted by molar-refractivity contribution is 7.89. The van der Waals surface area contributed by atoms with Crippen molar-refractivity contribution in [1.29, 1.82) is 0 Å². The fraction of sp³-hybridized carbons (Fsp3) is 0.394. The topological polar surface area (TPSA) is 131 Å². The number of rotatable bonds is 10. The van der Waals surface area contributed by atoms with Gasteiger partial charge in [0.25, 0.3) is 0 Å². The number of hydrogen-bond acceptors (Lipinski definition) is 6. The van der Waals surface area contributed by atoms with Crippen molar-refractivity contribution in [3.05, 3.63) is 81.9 Å². The molecule has 1 heterocycles. The van der Waals surface area contributed by atoms with Crippen LogP contribution in [0.4, 0.5) is 4.79 Å². The summed E-state index contributed by atoms with van der Waals surface area (Å²) in [6.45, 7) is 9.45. The van der Waals surface area contributed by atoms with Gasteiger partial charge in [-0.1, -0.05) is 48.5 Å². The lowest BCUT2D eigenvalue weighted by Crippen LogP contribution is -2.42. The number of alkyl carbamates (subject to hydrolysis) is 1. The number of nitrogens with one attached hydrogen (secondary N) is 2. The highest BCUT2D eigenvalue weighted by atomic mass is 32.2. The Balaban J connectivity index is 1.17. The molecule has 0 spiro atoms. The van der Waals surface area contributed by atoms with E-state index in [1.54, 1.807) is 13.8 Å². The van der Waals surface area contributed by atoms with Gasteiger partial charge in [-0.25, -0.2) is 22.7 Å². The number of ether oxygens (including phenoxy) is 2. The predicted molar refractivity (Wildman–Crippen MR) is 163 cm³/mol. The summed E-state index contributed by atoms with van der Waals surface area (Å²) in [7, 11) is -3.88. The van der Waals surface area contributed by atoms with Crippen LogP contribution in [0.25, 0.3) is 11.1 Å². The van der Waals surface area contributed by atoms with E-state index < -0.39 is 33.7 Å². The van der Waals surface area contributed by atoms with E-state index in [0.717, 1.165) is 39.1 Å². The first kappa shape index (κ1) is 30.6. The standard InChI is InChI=1S/C33H38N2O7S/c1-19-20(2)30(21(3)26-17-33(4,5)42-29(19)26)43(39,40)34-16-10-15-28(31(36)37)35-32(38)41-18-27-24-13-8-6-11-22(24)23-12-7-9-14-25(23)27/h6-9,11-14,27-28,34H,10,15-18H2,1-5H3,(H,35,38)(H,36,37)/t28-/m0/s1. The maximum absolute atomic E-state index is 13.4. The van der Waals surface area contributed by atoms with E-state index in [9.17, 15) is 23.1 Å². The summed E-state index contributed by atoms with van der Waals surface area (Å²) >= 11 is 0. The van der Waals surface area contributed by atoms with Crippen LogP contribution in [0.2, 0.25) is 0 Å². The fourth-order valence-corrected chi connectivity index (χ4v) is 7.91. The molecule has 0 fully saturated rings. The van der Waals surface area contributed by atoms with Gasteiger partial charge in [-0.15, -0.1) is 0 Å². The molecule has 3 N–H and O–H groups in total. The Hall–Kier alpha value is -3.89. The van der Waals surface area contributed by atoms with Gasteiger partial charge < -0.3 is 19.9 Å². The number of aliphatic carboxylic acids is 1. The quantitative estimate of drug-likeness (QED) is 0.264. The third-order valence-electron chi connectivity index (χ3n) is 8.46. The van der Waals surface area contributed by atoms with E-state index in [4.69, 9.17) is 9.47 Å². The zero-order chi connectivity index (χ0) is 31.1. The second-order valence-corrected chi connectivity index (χ2v) is 13.7. The largest absolute Gasteiger partial charge is 0.487 e. The maximum atomic E-state index is 13.4. The molecule has 1 atom stereocenters. The fourth-order valence-electron chi connectivity index (χ4n) is 6.27. The van der Waals surface area contributed by atoms with Crippen molar-refractivity contribution in [2.75, 3.05) is 13.2 Å². The number of carbonyl (C=O) groups excluding carboxylic acids is 1. The zero-order valence-electron chi connectivity index (χ0n) is 25.1. The van der Waals surface area contributed by atoms with Crippen molar-refractivity contribution in [3.63, 3.8) is 0 Å². The average molecular weight is 607 g/mol. The van der Waals surface area contributed by atoms with Gasteiger partial charge in [0.2, 0.25) is 10.0 Å². The third-order valence-corrected chi connectivity index (χ3v) is 10.2. The van der Waals surface area contributed by atoms with Gasteiger partial charge in [0.15, 0.2) is 0 Å². The lowest BCUT2D eigenvalue weighted by molar-refractivity contribution is -0.139. The molecule has 1 aliphatic heterocycles. The molecule has 0 aromatic heterocycles. The van der Waals surface area contributed by atoms with Crippen molar-refractivity contribution in [1.82, 2.24) is 10.0 Å². The van der Waals surface area contributed by atoms with Gasteiger partial charge in [-0.2, -0.15) is 0 Å². The van der Waals surface area contributed by atoms with Crippen LogP contribution in [-0.4, -0.2) is 50.4 Å². The number of benzene rings is 3. The number of fused-ring (bicyclic) bond motifs is 4. The monoisotopic (exact) mass is 606 g/mol. The summed E-state index contributed by atoms with van der Waals surface area (Å²) in [6.07, 6.45) is -0.0111. The molecule has 5 rings (SSSR count). The lowest BCUT2D eigenvalue weighted by atomic mass is 9.94.